The fourth-order valence-corrected chi connectivity index (χ4v) is 3.83. The van der Waals surface area contributed by atoms with E-state index < -0.39 is 21.1 Å². The Morgan fingerprint density at radius 1 is 1.37 bits per heavy atom. The lowest BCUT2D eigenvalue weighted by molar-refractivity contribution is -0.185. The van der Waals surface area contributed by atoms with E-state index in [0.29, 0.717) is 5.70 Å². The summed E-state index contributed by atoms with van der Waals surface area (Å²) in [5.74, 6) is 0. The molecule has 1 aromatic heterocycles. The normalized spacial score (nSPS) is 22.3. The highest BCUT2D eigenvalue weighted by molar-refractivity contribution is 7.89. The molecule has 0 fully saturated rings. The summed E-state index contributed by atoms with van der Waals surface area (Å²) in [6.07, 6.45) is 2.88. The van der Waals surface area contributed by atoms with Crippen LogP contribution in [0, 0.1) is 0 Å². The van der Waals surface area contributed by atoms with Crippen molar-refractivity contribution >= 4 is 21.8 Å². The predicted octanol–water partition coefficient (Wildman–Crippen LogP) is 0.962. The first kappa shape index (κ1) is 14.4. The number of sulfonamides is 1. The average Bonchev–Trinajstić information content (AvgIpc) is 2.84. The molecule has 0 aromatic carbocycles. The Balaban J connectivity index is 2.35. The zero-order valence-corrected chi connectivity index (χ0v) is 12.7. The minimum atomic E-state index is -3.76. The van der Waals surface area contributed by atoms with Crippen molar-refractivity contribution < 1.29 is 13.6 Å². The lowest BCUT2D eigenvalue weighted by atomic mass is 10.0. The van der Waals surface area contributed by atoms with Crippen LogP contribution < -0.4 is 4.72 Å². The summed E-state index contributed by atoms with van der Waals surface area (Å²) in [6, 6.07) is 0. The molecule has 0 spiro atoms. The average molecular weight is 304 g/mol. The third-order valence-corrected chi connectivity index (χ3v) is 4.92. The first-order valence-corrected chi connectivity index (χ1v) is 7.82. The minimum Gasteiger partial charge on any atom is -0.312 e. The van der Waals surface area contributed by atoms with Gasteiger partial charge in [0, 0.05) is 5.70 Å². The van der Waals surface area contributed by atoms with Crippen molar-refractivity contribution in [3.8, 4) is 0 Å². The lowest BCUT2D eigenvalue weighted by Gasteiger charge is -2.35. The fraction of sp³-hybridized carbons (Fsp3) is 0.600. The zero-order chi connectivity index (χ0) is 14.5. The van der Waals surface area contributed by atoms with Gasteiger partial charge in [-0.1, -0.05) is 0 Å². The molecule has 1 aliphatic heterocycles. The number of aromatic nitrogens is 2. The highest BCUT2D eigenvalue weighted by Crippen LogP contribution is 2.37. The second-order valence-corrected chi connectivity index (χ2v) is 7.62. The first-order chi connectivity index (χ1) is 8.57. The quantitative estimate of drug-likeness (QED) is 0.863. The molecule has 0 atom stereocenters. The molecule has 1 aliphatic rings. The molecular formula is C10H16N4O3S2. The van der Waals surface area contributed by atoms with E-state index in [-0.39, 0.29) is 5.03 Å². The molecule has 19 heavy (non-hydrogen) atoms. The van der Waals surface area contributed by atoms with Crippen molar-refractivity contribution in [1.29, 1.82) is 0 Å². The second kappa shape index (κ2) is 4.23. The van der Waals surface area contributed by atoms with Gasteiger partial charge in [0.25, 0.3) is 10.0 Å². The molecule has 2 heterocycles. The van der Waals surface area contributed by atoms with Gasteiger partial charge in [-0.05, 0) is 33.8 Å². The SMILES string of the molecule is CC1(C)C=C(NS(=O)(=O)c2cnsn2)C(C)(C)N1O. The summed E-state index contributed by atoms with van der Waals surface area (Å²) in [6.45, 7) is 7.05. The van der Waals surface area contributed by atoms with Crippen molar-refractivity contribution in [2.45, 2.75) is 43.8 Å². The van der Waals surface area contributed by atoms with Gasteiger partial charge >= 0.3 is 0 Å². The van der Waals surface area contributed by atoms with Crippen LogP contribution in [-0.2, 0) is 10.0 Å². The predicted molar refractivity (Wildman–Crippen MR) is 70.1 cm³/mol. The van der Waals surface area contributed by atoms with Crippen LogP contribution in [0.2, 0.25) is 0 Å². The Labute approximate surface area is 116 Å². The van der Waals surface area contributed by atoms with E-state index in [1.807, 2.05) is 0 Å². The van der Waals surface area contributed by atoms with Gasteiger partial charge in [0.2, 0.25) is 5.03 Å². The molecule has 0 unspecified atom stereocenters. The van der Waals surface area contributed by atoms with Gasteiger partial charge in [0.15, 0.2) is 0 Å². The third kappa shape index (κ3) is 2.38. The zero-order valence-electron chi connectivity index (χ0n) is 11.1. The van der Waals surface area contributed by atoms with E-state index in [0.717, 1.165) is 16.8 Å². The van der Waals surface area contributed by atoms with Crippen LogP contribution >= 0.6 is 11.7 Å². The van der Waals surface area contributed by atoms with Gasteiger partial charge in [-0.15, -0.1) is 0 Å². The lowest BCUT2D eigenvalue weighted by Crippen LogP contribution is -2.49. The molecule has 0 aliphatic carbocycles. The Morgan fingerprint density at radius 2 is 2.00 bits per heavy atom. The van der Waals surface area contributed by atoms with E-state index in [1.165, 1.54) is 6.20 Å². The smallest absolute Gasteiger partial charge is 0.281 e. The third-order valence-electron chi connectivity index (χ3n) is 3.09. The molecule has 106 valence electrons. The second-order valence-electron chi connectivity index (χ2n) is 5.43. The summed E-state index contributed by atoms with van der Waals surface area (Å²) in [5.41, 5.74) is -1.07. The summed E-state index contributed by atoms with van der Waals surface area (Å²) in [7, 11) is -3.76. The highest BCUT2D eigenvalue weighted by atomic mass is 32.2. The van der Waals surface area contributed by atoms with Crippen LogP contribution in [-0.4, -0.2) is 38.5 Å². The molecule has 2 rings (SSSR count). The number of hydrogen-bond acceptors (Lipinski definition) is 7. The van der Waals surface area contributed by atoms with Crippen LogP contribution in [0.5, 0.6) is 0 Å². The Morgan fingerprint density at radius 3 is 2.42 bits per heavy atom. The monoisotopic (exact) mass is 304 g/mol. The van der Waals surface area contributed by atoms with Crippen molar-refractivity contribution in [3.63, 3.8) is 0 Å². The molecule has 1 aromatic rings. The molecule has 7 nitrogen and oxygen atoms in total. The van der Waals surface area contributed by atoms with Crippen LogP contribution in [0.15, 0.2) is 23.0 Å². The van der Waals surface area contributed by atoms with E-state index in [9.17, 15) is 13.6 Å². The molecule has 0 saturated heterocycles. The summed E-state index contributed by atoms with van der Waals surface area (Å²) >= 11 is 0.826. The molecule has 2 N–H and O–H groups in total. The van der Waals surface area contributed by atoms with Gasteiger partial charge in [-0.25, -0.2) is 0 Å². The van der Waals surface area contributed by atoms with E-state index in [2.05, 4.69) is 13.5 Å². The Bertz CT molecular complexity index is 605. The molecular weight excluding hydrogens is 288 g/mol. The van der Waals surface area contributed by atoms with Crippen LogP contribution in [0.4, 0.5) is 0 Å². The van der Waals surface area contributed by atoms with E-state index in [4.69, 9.17) is 0 Å². The van der Waals surface area contributed by atoms with Gasteiger partial charge in [-0.3, -0.25) is 4.72 Å². The minimum absolute atomic E-state index is 0.122. The van der Waals surface area contributed by atoms with Crippen molar-refractivity contribution in [1.82, 2.24) is 18.5 Å². The molecule has 0 saturated carbocycles. The highest BCUT2D eigenvalue weighted by Gasteiger charge is 2.46. The number of nitrogens with zero attached hydrogens (tertiary/aromatic N) is 3. The number of hydroxylamine groups is 2. The maximum atomic E-state index is 12.1. The molecule has 0 amide bonds. The Hall–Kier alpha value is -1.03. The van der Waals surface area contributed by atoms with Crippen molar-refractivity contribution in [3.05, 3.63) is 18.0 Å². The number of nitrogens with one attached hydrogen (secondary N) is 1. The molecule has 9 heteroatoms. The molecule has 0 radical (unpaired) electrons. The maximum absolute atomic E-state index is 12.1. The largest absolute Gasteiger partial charge is 0.312 e. The summed E-state index contributed by atoms with van der Waals surface area (Å²) in [4.78, 5) is 0. The Kier molecular flexibility index (Phi) is 3.21. The molecule has 0 bridgehead atoms. The van der Waals surface area contributed by atoms with E-state index >= 15 is 0 Å². The van der Waals surface area contributed by atoms with Crippen LogP contribution in [0.1, 0.15) is 27.7 Å². The van der Waals surface area contributed by atoms with E-state index in [1.54, 1.807) is 33.8 Å². The van der Waals surface area contributed by atoms with Crippen molar-refractivity contribution in [2.75, 3.05) is 0 Å². The van der Waals surface area contributed by atoms with Gasteiger partial charge in [0.05, 0.1) is 29.0 Å². The van der Waals surface area contributed by atoms with Crippen LogP contribution in [0.3, 0.4) is 0 Å². The fourth-order valence-electron chi connectivity index (χ4n) is 2.05. The summed E-state index contributed by atoms with van der Waals surface area (Å²) < 4.78 is 34.1. The number of rotatable bonds is 3. The van der Waals surface area contributed by atoms with Gasteiger partial charge < -0.3 is 5.21 Å². The topological polar surface area (TPSA) is 95.4 Å². The number of hydrogen-bond donors (Lipinski definition) is 2. The standard InChI is InChI=1S/C10H16N4O3S2/c1-9(2)5-7(10(3,4)14(9)15)13-19(16,17)8-6-11-18-12-8/h5-6,13,15H,1-4H3. The van der Waals surface area contributed by atoms with Crippen LogP contribution in [0.25, 0.3) is 0 Å². The first-order valence-electron chi connectivity index (χ1n) is 5.60. The van der Waals surface area contributed by atoms with Gasteiger partial charge in [-0.2, -0.15) is 22.2 Å². The summed E-state index contributed by atoms with van der Waals surface area (Å²) in [5, 5.41) is 11.1. The maximum Gasteiger partial charge on any atom is 0.281 e. The van der Waals surface area contributed by atoms with Crippen molar-refractivity contribution in [2.24, 2.45) is 0 Å². The van der Waals surface area contributed by atoms with Gasteiger partial charge in [0.1, 0.15) is 0 Å².